The van der Waals surface area contributed by atoms with Gasteiger partial charge in [-0.3, -0.25) is 18.4 Å². The summed E-state index contributed by atoms with van der Waals surface area (Å²) in [5.74, 6) is 0.683. The van der Waals surface area contributed by atoms with Gasteiger partial charge < -0.3 is 21.3 Å². The molecule has 0 saturated heterocycles. The molecule has 12 nitrogen and oxygen atoms in total. The molecule has 2 aliphatic rings. The number of nitrogens with one attached hydrogen (secondary N) is 4. The Bertz CT molecular complexity index is 3530. The number of aromatic nitrogens is 6. The van der Waals surface area contributed by atoms with Crippen molar-refractivity contribution in [1.29, 1.82) is 0 Å². The van der Waals surface area contributed by atoms with Crippen molar-refractivity contribution < 1.29 is 18.4 Å². The van der Waals surface area contributed by atoms with Gasteiger partial charge in [0.2, 0.25) is 0 Å². The van der Waals surface area contributed by atoms with Crippen LogP contribution in [-0.2, 0) is 13.0 Å². The number of halogens is 2. The summed E-state index contributed by atoms with van der Waals surface area (Å²) in [6.07, 6.45) is 8.53. The molecule has 6 aromatic carbocycles. The lowest BCUT2D eigenvalue weighted by atomic mass is 10.1. The van der Waals surface area contributed by atoms with Crippen LogP contribution in [0.2, 0.25) is 0 Å². The van der Waals surface area contributed by atoms with Gasteiger partial charge >= 0.3 is 0 Å². The van der Waals surface area contributed by atoms with E-state index in [1.807, 2.05) is 120 Å². The zero-order valence-corrected chi connectivity index (χ0v) is 37.4. The minimum Gasteiger partial charge on any atom is -0.367 e. The van der Waals surface area contributed by atoms with E-state index in [2.05, 4.69) is 35.6 Å². The highest BCUT2D eigenvalue weighted by Crippen LogP contribution is 2.31. The van der Waals surface area contributed by atoms with Crippen LogP contribution < -0.4 is 21.3 Å². The van der Waals surface area contributed by atoms with E-state index < -0.39 is 0 Å². The predicted octanol–water partition coefficient (Wildman–Crippen LogP) is 10.4. The lowest BCUT2D eigenvalue weighted by molar-refractivity contribution is 0.0942. The summed E-state index contributed by atoms with van der Waals surface area (Å²) in [7, 11) is 0. The number of para-hydroxylation sites is 4. The van der Waals surface area contributed by atoms with Gasteiger partial charge in [0.1, 0.15) is 11.6 Å². The van der Waals surface area contributed by atoms with E-state index in [0.29, 0.717) is 71.2 Å². The number of hydrogen-bond acceptors (Lipinski definition) is 8. The average Bonchev–Trinajstić information content (AvgIpc) is 4.29. The number of hydrogen-bond donors (Lipinski definition) is 4. The molecule has 0 spiro atoms. The van der Waals surface area contributed by atoms with Crippen molar-refractivity contribution in [2.24, 2.45) is 0 Å². The molecule has 342 valence electrons. The third-order valence-electron chi connectivity index (χ3n) is 12.4. The summed E-state index contributed by atoms with van der Waals surface area (Å²) in [6.45, 7) is 0.887. The maximum Gasteiger partial charge on any atom is 0.251 e. The number of rotatable bonds is 13. The number of amides is 2. The maximum absolute atomic E-state index is 14.1. The molecule has 10 aromatic rings. The Morgan fingerprint density at radius 3 is 1.59 bits per heavy atom. The first-order valence-electron chi connectivity index (χ1n) is 23.1. The Hall–Kier alpha value is -8.52. The molecule has 2 aliphatic carbocycles. The van der Waals surface area contributed by atoms with Gasteiger partial charge in [-0.25, -0.2) is 28.7 Å². The van der Waals surface area contributed by atoms with Gasteiger partial charge in [0.05, 0.1) is 45.8 Å². The number of carbonyl (C=O) groups excluding carboxylic acids is 2. The SMILES string of the molecule is O=C(NC1CC1)c1ccc(-c2cnc3c(NCCc4cccc(F)c4)nc4ccccc4n23)cc1.O=C(NC1CC1)c1ccc(-c2cnc3c(NCc4ccccc4F)nc4ccccc4n23)cc1. The highest BCUT2D eigenvalue weighted by molar-refractivity contribution is 5.96. The zero-order valence-electron chi connectivity index (χ0n) is 37.4. The fourth-order valence-electron chi connectivity index (χ4n) is 8.42. The van der Waals surface area contributed by atoms with Crippen molar-refractivity contribution in [1.82, 2.24) is 39.4 Å². The first-order chi connectivity index (χ1) is 33.8. The molecule has 2 amide bonds. The normalized spacial score (nSPS) is 13.3. The molecular formula is C55H46F2N10O2. The maximum atomic E-state index is 14.1. The average molecular weight is 917 g/mol. The van der Waals surface area contributed by atoms with Crippen molar-refractivity contribution in [3.8, 4) is 22.5 Å². The summed E-state index contributed by atoms with van der Waals surface area (Å²) in [5.41, 5.74) is 11.3. The molecule has 0 unspecified atom stereocenters. The van der Waals surface area contributed by atoms with Gasteiger partial charge in [-0.1, -0.05) is 78.9 Å². The smallest absolute Gasteiger partial charge is 0.251 e. The van der Waals surface area contributed by atoms with Crippen LogP contribution in [-0.4, -0.2) is 59.2 Å². The molecule has 4 heterocycles. The van der Waals surface area contributed by atoms with Crippen LogP contribution in [0, 0.1) is 11.6 Å². The van der Waals surface area contributed by atoms with Crippen LogP contribution in [0.25, 0.3) is 55.9 Å². The molecule has 0 bridgehead atoms. The van der Waals surface area contributed by atoms with E-state index in [-0.39, 0.29) is 23.4 Å². The largest absolute Gasteiger partial charge is 0.367 e. The quantitative estimate of drug-likeness (QED) is 0.0896. The zero-order chi connectivity index (χ0) is 46.8. The molecule has 4 aromatic heterocycles. The van der Waals surface area contributed by atoms with E-state index in [1.54, 1.807) is 30.5 Å². The van der Waals surface area contributed by atoms with Gasteiger partial charge in [0.15, 0.2) is 22.9 Å². The Balaban J connectivity index is 0.000000151. The summed E-state index contributed by atoms with van der Waals surface area (Å²) in [5, 5.41) is 12.7. The first-order valence-corrected chi connectivity index (χ1v) is 23.1. The van der Waals surface area contributed by atoms with Gasteiger partial charge in [-0.2, -0.15) is 0 Å². The first kappa shape index (κ1) is 43.1. The van der Waals surface area contributed by atoms with Gasteiger partial charge in [0, 0.05) is 53.0 Å². The van der Waals surface area contributed by atoms with Crippen molar-refractivity contribution in [3.05, 3.63) is 192 Å². The minimum absolute atomic E-state index is 0.0309. The molecule has 2 fully saturated rings. The van der Waals surface area contributed by atoms with Gasteiger partial charge in [0.25, 0.3) is 11.8 Å². The van der Waals surface area contributed by atoms with Crippen LogP contribution in [0.15, 0.2) is 158 Å². The third-order valence-corrected chi connectivity index (χ3v) is 12.4. The molecule has 12 rings (SSSR count). The van der Waals surface area contributed by atoms with Crippen LogP contribution in [0.5, 0.6) is 0 Å². The molecule has 0 radical (unpaired) electrons. The standard InChI is InChI=1S/C28H24FN5O.C27H22FN5O/c29-21-5-3-4-18(16-21)14-15-30-26-27-31-17-25(34(27)24-7-2-1-6-23(24)33-26)19-8-10-20(11-9-19)28(35)32-22-12-13-22;28-21-6-2-1-5-19(21)15-29-25-26-30-16-24(33(26)23-8-4-3-7-22(23)32-25)17-9-11-18(12-10-17)27(34)31-20-13-14-20/h1-11,16-17,22H,12-15H2,(H,30,33)(H,32,35);1-12,16,20H,13-15H2,(H,29,32)(H,31,34). The van der Waals surface area contributed by atoms with E-state index >= 15 is 0 Å². The molecule has 69 heavy (non-hydrogen) atoms. The van der Waals surface area contributed by atoms with Crippen molar-refractivity contribution >= 4 is 56.8 Å². The highest BCUT2D eigenvalue weighted by Gasteiger charge is 2.25. The van der Waals surface area contributed by atoms with Crippen molar-refractivity contribution in [3.63, 3.8) is 0 Å². The Morgan fingerprint density at radius 2 is 1.07 bits per heavy atom. The highest BCUT2D eigenvalue weighted by atomic mass is 19.1. The summed E-state index contributed by atoms with van der Waals surface area (Å²) in [4.78, 5) is 43.6. The molecular weight excluding hydrogens is 871 g/mol. The monoisotopic (exact) mass is 916 g/mol. The van der Waals surface area contributed by atoms with E-state index in [9.17, 15) is 18.4 Å². The number of benzene rings is 6. The van der Waals surface area contributed by atoms with E-state index in [0.717, 1.165) is 75.8 Å². The second-order valence-corrected chi connectivity index (χ2v) is 17.4. The van der Waals surface area contributed by atoms with Crippen LogP contribution >= 0.6 is 0 Å². The van der Waals surface area contributed by atoms with Crippen LogP contribution in [0.4, 0.5) is 20.4 Å². The Kier molecular flexibility index (Phi) is 11.6. The van der Waals surface area contributed by atoms with Gasteiger partial charge in [-0.15, -0.1) is 0 Å². The van der Waals surface area contributed by atoms with E-state index in [1.165, 1.54) is 12.1 Å². The number of anilines is 2. The summed E-state index contributed by atoms with van der Waals surface area (Å²) in [6, 6.07) is 44.9. The predicted molar refractivity (Wildman–Crippen MR) is 265 cm³/mol. The lowest BCUT2D eigenvalue weighted by Gasteiger charge is -2.12. The van der Waals surface area contributed by atoms with Crippen molar-refractivity contribution in [2.75, 3.05) is 17.2 Å². The van der Waals surface area contributed by atoms with Crippen LogP contribution in [0.3, 0.4) is 0 Å². The second kappa shape index (κ2) is 18.6. The molecule has 4 N–H and O–H groups in total. The molecule has 2 saturated carbocycles. The minimum atomic E-state index is -0.262. The topological polar surface area (TPSA) is 143 Å². The fraction of sp³-hybridized carbons (Fsp3) is 0.164. The van der Waals surface area contributed by atoms with E-state index in [4.69, 9.17) is 9.97 Å². The summed E-state index contributed by atoms with van der Waals surface area (Å²) < 4.78 is 31.8. The number of imidazole rings is 2. The number of carbonyl (C=O) groups is 2. The number of fused-ring (bicyclic) bond motifs is 6. The summed E-state index contributed by atoms with van der Waals surface area (Å²) >= 11 is 0. The number of nitrogens with zero attached hydrogens (tertiary/aromatic N) is 6. The van der Waals surface area contributed by atoms with Gasteiger partial charge in [-0.05, 0) is 104 Å². The second-order valence-electron chi connectivity index (χ2n) is 17.4. The molecule has 0 aliphatic heterocycles. The Labute approximate surface area is 395 Å². The lowest BCUT2D eigenvalue weighted by Crippen LogP contribution is -2.25. The molecule has 14 heteroatoms. The van der Waals surface area contributed by atoms with Crippen molar-refractivity contribution in [2.45, 2.75) is 50.7 Å². The Morgan fingerprint density at radius 1 is 0.565 bits per heavy atom. The third kappa shape index (κ3) is 9.29. The molecule has 0 atom stereocenters. The fourth-order valence-corrected chi connectivity index (χ4v) is 8.42. The van der Waals surface area contributed by atoms with Crippen LogP contribution in [0.1, 0.15) is 57.5 Å².